The highest BCUT2D eigenvalue weighted by molar-refractivity contribution is 8.27. The molecular weight excluding hydrogens is 408 g/mol. The van der Waals surface area contributed by atoms with Crippen LogP contribution in [0.2, 0.25) is 0 Å². The Morgan fingerprint density at radius 1 is 1.21 bits per heavy atom. The maximum absolute atomic E-state index is 12.9. The highest BCUT2D eigenvalue weighted by atomic mass is 32.2. The van der Waals surface area contributed by atoms with E-state index in [4.69, 9.17) is 21.7 Å². The Labute approximate surface area is 178 Å². The van der Waals surface area contributed by atoms with E-state index in [1.165, 1.54) is 23.6 Å². The van der Waals surface area contributed by atoms with Crippen LogP contribution in [-0.4, -0.2) is 29.9 Å². The predicted octanol–water partition coefficient (Wildman–Crippen LogP) is 4.46. The predicted molar refractivity (Wildman–Crippen MR) is 121 cm³/mol. The Hall–Kier alpha value is -2.84. The first-order valence-electron chi connectivity index (χ1n) is 8.89. The van der Waals surface area contributed by atoms with Gasteiger partial charge in [0.1, 0.15) is 0 Å². The van der Waals surface area contributed by atoms with Crippen molar-refractivity contribution in [2.75, 3.05) is 23.9 Å². The topological polar surface area (TPSA) is 67.9 Å². The summed E-state index contributed by atoms with van der Waals surface area (Å²) < 4.78 is 11.3. The van der Waals surface area contributed by atoms with Gasteiger partial charge in [-0.2, -0.15) is 0 Å². The van der Waals surface area contributed by atoms with Gasteiger partial charge in [-0.25, -0.2) is 0 Å². The molecule has 2 aromatic rings. The number of benzene rings is 2. The van der Waals surface area contributed by atoms with Crippen LogP contribution in [0.25, 0.3) is 6.08 Å². The first-order chi connectivity index (χ1) is 13.9. The van der Waals surface area contributed by atoms with Gasteiger partial charge in [-0.1, -0.05) is 30.0 Å². The second-order valence-corrected chi connectivity index (χ2v) is 7.76. The SMILES string of the molecule is CCOc1ccc(/C=C2/SC(=S)N(c3ccc(NC(C)=O)cc3)C2=O)cc1OC. The zero-order valence-electron chi connectivity index (χ0n) is 16.2. The molecule has 1 fully saturated rings. The number of thiocarbonyl (C=S) groups is 1. The molecule has 0 aromatic heterocycles. The number of methoxy groups -OCH3 is 1. The standard InChI is InChI=1S/C21H20N2O4S2/c1-4-27-17-10-5-14(11-18(17)26-3)12-19-20(25)23(21(28)29-19)16-8-6-15(7-9-16)22-13(2)24/h5-12H,4H2,1-3H3,(H,22,24)/b19-12+. The molecule has 1 aliphatic rings. The minimum atomic E-state index is -0.194. The van der Waals surface area contributed by atoms with Crippen LogP contribution in [-0.2, 0) is 9.59 Å². The van der Waals surface area contributed by atoms with E-state index in [1.807, 2.05) is 25.1 Å². The van der Waals surface area contributed by atoms with Crippen molar-refractivity contribution >= 4 is 57.6 Å². The second-order valence-electron chi connectivity index (χ2n) is 6.09. The number of rotatable bonds is 6. The van der Waals surface area contributed by atoms with Gasteiger partial charge in [0.25, 0.3) is 5.91 Å². The summed E-state index contributed by atoms with van der Waals surface area (Å²) >= 11 is 6.65. The number of nitrogens with one attached hydrogen (secondary N) is 1. The second kappa shape index (κ2) is 9.11. The molecule has 8 heteroatoms. The molecule has 6 nitrogen and oxygen atoms in total. The van der Waals surface area contributed by atoms with Crippen LogP contribution in [0.4, 0.5) is 11.4 Å². The summed E-state index contributed by atoms with van der Waals surface area (Å²) in [6, 6.07) is 12.5. The number of amides is 2. The quantitative estimate of drug-likeness (QED) is 0.541. The number of ether oxygens (including phenoxy) is 2. The average Bonchev–Trinajstić information content (AvgIpc) is 2.96. The van der Waals surface area contributed by atoms with Gasteiger partial charge in [-0.3, -0.25) is 14.5 Å². The van der Waals surface area contributed by atoms with Gasteiger partial charge in [0.15, 0.2) is 15.8 Å². The van der Waals surface area contributed by atoms with Gasteiger partial charge in [-0.05, 0) is 55.0 Å². The van der Waals surface area contributed by atoms with Crippen LogP contribution >= 0.6 is 24.0 Å². The van der Waals surface area contributed by atoms with Gasteiger partial charge in [0.05, 0.1) is 24.3 Å². The number of thioether (sulfide) groups is 1. The first-order valence-corrected chi connectivity index (χ1v) is 10.1. The first kappa shape index (κ1) is 20.9. The zero-order chi connectivity index (χ0) is 21.0. The van der Waals surface area contributed by atoms with E-state index in [0.29, 0.717) is 38.7 Å². The minimum absolute atomic E-state index is 0.155. The molecule has 29 heavy (non-hydrogen) atoms. The van der Waals surface area contributed by atoms with Crippen molar-refractivity contribution in [3.8, 4) is 11.5 Å². The smallest absolute Gasteiger partial charge is 0.270 e. The number of carbonyl (C=O) groups is 2. The molecule has 0 atom stereocenters. The van der Waals surface area contributed by atoms with Gasteiger partial charge in [0.2, 0.25) is 5.91 Å². The summed E-state index contributed by atoms with van der Waals surface area (Å²) in [6.45, 7) is 3.88. The van der Waals surface area contributed by atoms with Gasteiger partial charge in [-0.15, -0.1) is 0 Å². The maximum atomic E-state index is 12.9. The Bertz CT molecular complexity index is 987. The van der Waals surface area contributed by atoms with Crippen LogP contribution in [0.5, 0.6) is 11.5 Å². The third-order valence-electron chi connectivity index (χ3n) is 4.02. The summed E-state index contributed by atoms with van der Waals surface area (Å²) in [5.74, 6) is 0.904. The number of hydrogen-bond acceptors (Lipinski definition) is 6. The van der Waals surface area contributed by atoms with Crippen LogP contribution in [0.1, 0.15) is 19.4 Å². The number of hydrogen-bond donors (Lipinski definition) is 1. The highest BCUT2D eigenvalue weighted by Gasteiger charge is 2.33. The van der Waals surface area contributed by atoms with E-state index in [9.17, 15) is 9.59 Å². The molecule has 1 N–H and O–H groups in total. The zero-order valence-corrected chi connectivity index (χ0v) is 17.9. The lowest BCUT2D eigenvalue weighted by atomic mass is 10.1. The van der Waals surface area contributed by atoms with E-state index < -0.39 is 0 Å². The van der Waals surface area contributed by atoms with Crippen LogP contribution in [0.3, 0.4) is 0 Å². The summed E-state index contributed by atoms with van der Waals surface area (Å²) in [7, 11) is 1.58. The molecule has 0 spiro atoms. The van der Waals surface area contributed by atoms with Crippen LogP contribution in [0, 0.1) is 0 Å². The lowest BCUT2D eigenvalue weighted by Crippen LogP contribution is -2.27. The Morgan fingerprint density at radius 3 is 2.55 bits per heavy atom. The van der Waals surface area contributed by atoms with Gasteiger partial charge in [0, 0.05) is 12.6 Å². The molecule has 150 valence electrons. The van der Waals surface area contributed by atoms with E-state index >= 15 is 0 Å². The van der Waals surface area contributed by atoms with Crippen molar-refractivity contribution in [1.29, 1.82) is 0 Å². The van der Waals surface area contributed by atoms with Gasteiger partial charge >= 0.3 is 0 Å². The van der Waals surface area contributed by atoms with Crippen molar-refractivity contribution in [3.63, 3.8) is 0 Å². The lowest BCUT2D eigenvalue weighted by molar-refractivity contribution is -0.114. The molecule has 0 unspecified atom stereocenters. The largest absolute Gasteiger partial charge is 0.493 e. The number of nitrogens with zero attached hydrogens (tertiary/aromatic N) is 1. The molecule has 3 rings (SSSR count). The van der Waals surface area contributed by atoms with E-state index in [-0.39, 0.29) is 11.8 Å². The molecule has 1 saturated heterocycles. The molecule has 2 amide bonds. The van der Waals surface area contributed by atoms with Gasteiger partial charge < -0.3 is 14.8 Å². The Kier molecular flexibility index (Phi) is 6.56. The molecule has 1 heterocycles. The fourth-order valence-electron chi connectivity index (χ4n) is 2.79. The fraction of sp³-hybridized carbons (Fsp3) is 0.190. The molecule has 0 bridgehead atoms. The fourth-order valence-corrected chi connectivity index (χ4v) is 4.09. The van der Waals surface area contributed by atoms with Crippen molar-refractivity contribution in [2.45, 2.75) is 13.8 Å². The molecule has 1 aliphatic heterocycles. The monoisotopic (exact) mass is 428 g/mol. The Balaban J connectivity index is 1.84. The molecule has 0 saturated carbocycles. The van der Waals surface area contributed by atoms with Crippen molar-refractivity contribution < 1.29 is 19.1 Å². The van der Waals surface area contributed by atoms with Crippen LogP contribution in [0.15, 0.2) is 47.4 Å². The molecular formula is C21H20N2O4S2. The third kappa shape index (κ3) is 4.78. The normalized spacial score (nSPS) is 15.0. The summed E-state index contributed by atoms with van der Waals surface area (Å²) in [5.41, 5.74) is 2.12. The molecule has 0 aliphatic carbocycles. The lowest BCUT2D eigenvalue weighted by Gasteiger charge is -2.15. The van der Waals surface area contributed by atoms with Crippen LogP contribution < -0.4 is 19.7 Å². The number of carbonyl (C=O) groups excluding carboxylic acids is 2. The average molecular weight is 429 g/mol. The van der Waals surface area contributed by atoms with Crippen molar-refractivity contribution in [1.82, 2.24) is 0 Å². The van der Waals surface area contributed by atoms with Crippen molar-refractivity contribution in [2.24, 2.45) is 0 Å². The van der Waals surface area contributed by atoms with E-state index in [0.717, 1.165) is 5.56 Å². The maximum Gasteiger partial charge on any atom is 0.270 e. The van der Waals surface area contributed by atoms with E-state index in [2.05, 4.69) is 5.32 Å². The summed E-state index contributed by atoms with van der Waals surface area (Å²) in [4.78, 5) is 26.1. The number of anilines is 2. The third-order valence-corrected chi connectivity index (χ3v) is 5.33. The summed E-state index contributed by atoms with van der Waals surface area (Å²) in [6.07, 6.45) is 1.78. The van der Waals surface area contributed by atoms with Crippen molar-refractivity contribution in [3.05, 3.63) is 52.9 Å². The Morgan fingerprint density at radius 2 is 1.93 bits per heavy atom. The van der Waals surface area contributed by atoms with E-state index in [1.54, 1.807) is 37.5 Å². The molecule has 0 radical (unpaired) electrons. The highest BCUT2D eigenvalue weighted by Crippen LogP contribution is 2.37. The molecule has 2 aromatic carbocycles. The minimum Gasteiger partial charge on any atom is -0.493 e. The summed E-state index contributed by atoms with van der Waals surface area (Å²) in [5, 5.41) is 2.70.